The van der Waals surface area contributed by atoms with Crippen LogP contribution in [-0.2, 0) is 85.3 Å². The number of ether oxygens (including phenoxy) is 17. The summed E-state index contributed by atoms with van der Waals surface area (Å²) in [6.45, 7) is -6.42. The number of hydrogen-bond donors (Lipinski definition) is 25. The summed E-state index contributed by atoms with van der Waals surface area (Å²) < 4.78 is 97.5. The second-order valence-corrected chi connectivity index (χ2v) is 25.0. The molecule has 9 aliphatic rings. The first-order valence-corrected chi connectivity index (χ1v) is 31.3. The average Bonchev–Trinajstić information content (AvgIpc) is 0.777. The summed E-state index contributed by atoms with van der Waals surface area (Å²) in [5, 5.41) is 273. The zero-order valence-electron chi connectivity index (χ0n) is 52.2. The van der Waals surface area contributed by atoms with Gasteiger partial charge in [0.25, 0.3) is 0 Å². The van der Waals surface area contributed by atoms with Crippen molar-refractivity contribution >= 4 is 5.91 Å². The topological polar surface area (TPSA) is 683 Å². The number of aliphatic hydroxyl groups is 25. The Bertz CT molecular complexity index is 2550. The van der Waals surface area contributed by atoms with Crippen LogP contribution in [0.5, 0.6) is 0 Å². The monoisotopic (exact) mass is 1450 g/mol. The number of terminal acetylenes is 1. The van der Waals surface area contributed by atoms with Crippen LogP contribution in [0.4, 0.5) is 0 Å². The van der Waals surface area contributed by atoms with Crippen LogP contribution in [0.1, 0.15) is 6.92 Å². The van der Waals surface area contributed by atoms with E-state index >= 15 is 0 Å². The average molecular weight is 1450 g/mol. The highest BCUT2D eigenvalue weighted by Gasteiger charge is 2.59. The molecule has 42 atom stereocenters. The van der Waals surface area contributed by atoms with E-state index in [4.69, 9.17) is 87.0 Å². The van der Waals surface area contributed by atoms with Crippen LogP contribution in [0.15, 0.2) is 0 Å². The van der Waals surface area contributed by atoms with Gasteiger partial charge in [-0.1, -0.05) is 5.92 Å². The summed E-state index contributed by atoms with van der Waals surface area (Å²) >= 11 is 0. The summed E-state index contributed by atoms with van der Waals surface area (Å²) in [6.07, 6.45) is -80.7. The van der Waals surface area contributed by atoms with E-state index in [-0.39, 0.29) is 0 Å². The fourth-order valence-corrected chi connectivity index (χ4v) is 12.3. The molecule has 0 aromatic rings. The molecule has 0 aromatic heterocycles. The van der Waals surface area contributed by atoms with Crippen molar-refractivity contribution in [3.8, 4) is 12.3 Å². The van der Waals surface area contributed by atoms with Gasteiger partial charge in [-0.2, -0.15) is 0 Å². The van der Waals surface area contributed by atoms with Crippen LogP contribution in [0.2, 0.25) is 0 Å². The smallest absolute Gasteiger partial charge is 0.222 e. The van der Waals surface area contributed by atoms with E-state index < -0.39 is 323 Å². The lowest BCUT2D eigenvalue weighted by Crippen LogP contribution is -2.68. The van der Waals surface area contributed by atoms with E-state index in [0.29, 0.717) is 0 Å². The summed E-state index contributed by atoms with van der Waals surface area (Å²) in [6, 6.07) is 0. The lowest BCUT2D eigenvalue weighted by molar-refractivity contribution is -0.399. The van der Waals surface area contributed by atoms with Gasteiger partial charge < -0.3 is 213 Å². The van der Waals surface area contributed by atoms with Crippen molar-refractivity contribution in [1.29, 1.82) is 0 Å². The van der Waals surface area contributed by atoms with E-state index in [9.17, 15) is 132 Å². The first kappa shape index (κ1) is 80.4. The van der Waals surface area contributed by atoms with Crippen molar-refractivity contribution in [3.63, 3.8) is 0 Å². The SMILES string of the molecule is C#CCN(C(C)=O)[C@H]1O[C@H](O)[C@@H](O[C@@H]2OC(CO[C@@H]3OC[C@H](O)[C@H](O)C3O[C@@H]3OC(CO)[C@H](O)[C@H](O)C3O)[C@H](O[C@H]3O[C@H](CO[C@@H]4OC[C@H](O)C(O)C4O[C@@H]4OC(CO)[C@H](O)[C@H](O)C4O)[C@@H](O[C@@H]4OC(CO[C@@H]5OC[C@H](O)[C@H](O)C5O)[C@H](O)[C@H](O)C4O)C(O)C3O)[C@H](O)C2O)C(O)C1O. The summed E-state index contributed by atoms with van der Waals surface area (Å²) in [4.78, 5) is 13.2. The minimum atomic E-state index is -2.50. The van der Waals surface area contributed by atoms with Crippen molar-refractivity contribution in [2.75, 3.05) is 59.4 Å². The van der Waals surface area contributed by atoms with Gasteiger partial charge in [-0.15, -0.1) is 6.42 Å². The van der Waals surface area contributed by atoms with Gasteiger partial charge >= 0.3 is 0 Å². The Kier molecular flexibility index (Phi) is 28.2. The van der Waals surface area contributed by atoms with Crippen molar-refractivity contribution < 1.29 is 213 Å². The standard InChI is InChI=1S/C55H89NO43/c1-3-4-56(13(2)59)46-34(75)31(72)43(47(82)99-46)96-53-40(81)33(74)42(21(93-53)12-88-55-45(24(65)16(62)9-85-55)98-50-37(78)29(70)26(67)18(6-58)90-50)95-52-39(80)32(73)41(94-51-38(79)30(71)27(68)19(91-51)10-86-48-35(76)22(63)14(60)7-83-48)20(92-52)11-87-54-44(23(64)15(61)8-84-54)97-49-36(77)28(69)25(66)17(5-57)89-49/h1,14-55,57-58,60-82H,4-12H2,2H3/t14-,15-,16-,17?,18?,19?,20+,21?,22-,23?,24-,25-,26-,27-,28-,29-,30-,31?,32?,33+,34?,35?,36?,37?,38?,39?,40?,41+,42-,43-,44?,45?,46-,47-,48-,49-,50-,51-,52+,53-,54-,55-/m0/s1. The number of carbonyl (C=O) groups is 1. The van der Waals surface area contributed by atoms with E-state index in [2.05, 4.69) is 5.92 Å². The molecule has 1 amide bonds. The van der Waals surface area contributed by atoms with Gasteiger partial charge in [0.2, 0.25) is 5.91 Å². The second kappa shape index (κ2) is 34.7. The van der Waals surface area contributed by atoms with Gasteiger partial charge in [-0.3, -0.25) is 4.79 Å². The van der Waals surface area contributed by atoms with Crippen LogP contribution in [0.25, 0.3) is 0 Å². The molecule has 9 aliphatic heterocycles. The Balaban J connectivity index is 1.01. The molecule has 99 heavy (non-hydrogen) atoms. The molecule has 9 rings (SSSR count). The van der Waals surface area contributed by atoms with E-state index in [1.807, 2.05) is 0 Å². The van der Waals surface area contributed by atoms with Crippen LogP contribution < -0.4 is 0 Å². The normalized spacial score (nSPS) is 51.6. The fraction of sp³-hybridized carbons (Fsp3) is 0.945. The van der Waals surface area contributed by atoms with Crippen LogP contribution in [0, 0.1) is 12.3 Å². The number of amides is 1. The minimum absolute atomic E-state index is 0.502. The maximum Gasteiger partial charge on any atom is 0.222 e. The third kappa shape index (κ3) is 17.4. The number of rotatable bonds is 23. The Morgan fingerprint density at radius 1 is 0.354 bits per heavy atom. The molecule has 0 radical (unpaired) electrons. The lowest BCUT2D eigenvalue weighted by atomic mass is 9.95. The molecule has 9 heterocycles. The molecule has 0 spiro atoms. The Labute approximate surface area is 559 Å². The zero-order chi connectivity index (χ0) is 72.5. The van der Waals surface area contributed by atoms with Crippen molar-refractivity contribution in [2.45, 2.75) is 265 Å². The number of hydrogen-bond acceptors (Lipinski definition) is 43. The quantitative estimate of drug-likeness (QED) is 0.0422. The van der Waals surface area contributed by atoms with Gasteiger partial charge in [0.05, 0.1) is 59.4 Å². The molecule has 572 valence electrons. The molecule has 44 heteroatoms. The molecule has 9 fully saturated rings. The van der Waals surface area contributed by atoms with Crippen LogP contribution >= 0.6 is 0 Å². The maximum absolute atomic E-state index is 12.5. The molecule has 0 bridgehead atoms. The number of carbonyl (C=O) groups excluding carboxylic acids is 1. The Hall–Kier alpha value is -2.65. The Morgan fingerprint density at radius 2 is 0.667 bits per heavy atom. The molecule has 9 saturated heterocycles. The first-order chi connectivity index (χ1) is 46.8. The van der Waals surface area contributed by atoms with Crippen molar-refractivity contribution in [3.05, 3.63) is 0 Å². The van der Waals surface area contributed by atoms with Gasteiger partial charge in [-0.05, 0) is 0 Å². The lowest BCUT2D eigenvalue weighted by Gasteiger charge is -2.50. The molecule has 16 unspecified atom stereocenters. The fourth-order valence-electron chi connectivity index (χ4n) is 12.3. The van der Waals surface area contributed by atoms with E-state index in [1.54, 1.807) is 0 Å². The first-order valence-electron chi connectivity index (χ1n) is 31.3. The summed E-state index contributed by atoms with van der Waals surface area (Å²) in [5.74, 6) is 1.36. The van der Waals surface area contributed by atoms with Crippen LogP contribution in [0.3, 0.4) is 0 Å². The third-order valence-corrected chi connectivity index (χ3v) is 18.2. The van der Waals surface area contributed by atoms with Gasteiger partial charge in [0.1, 0.15) is 195 Å². The molecule has 0 aliphatic carbocycles. The second-order valence-electron chi connectivity index (χ2n) is 25.0. The van der Waals surface area contributed by atoms with Crippen LogP contribution in [-0.4, -0.2) is 456 Å². The molecular weight excluding hydrogens is 1360 g/mol. The van der Waals surface area contributed by atoms with Gasteiger partial charge in [-0.25, -0.2) is 0 Å². The third-order valence-electron chi connectivity index (χ3n) is 18.2. The molecule has 25 N–H and O–H groups in total. The van der Waals surface area contributed by atoms with Gasteiger partial charge in [0.15, 0.2) is 62.8 Å². The predicted molar refractivity (Wildman–Crippen MR) is 298 cm³/mol. The van der Waals surface area contributed by atoms with Crippen molar-refractivity contribution in [2.24, 2.45) is 0 Å². The highest BCUT2D eigenvalue weighted by atomic mass is 16.8. The van der Waals surface area contributed by atoms with E-state index in [0.717, 1.165) is 11.8 Å². The summed E-state index contributed by atoms with van der Waals surface area (Å²) in [7, 11) is 0. The van der Waals surface area contributed by atoms with Crippen molar-refractivity contribution in [1.82, 2.24) is 4.90 Å². The largest absolute Gasteiger partial charge is 0.394 e. The molecular formula is C55H89NO43. The Morgan fingerprint density at radius 3 is 1.07 bits per heavy atom. The molecule has 0 saturated carbocycles. The highest BCUT2D eigenvalue weighted by Crippen LogP contribution is 2.38. The number of nitrogens with zero attached hydrogens (tertiary/aromatic N) is 1. The maximum atomic E-state index is 12.5. The summed E-state index contributed by atoms with van der Waals surface area (Å²) in [5.41, 5.74) is 0. The zero-order valence-corrected chi connectivity index (χ0v) is 52.2. The number of aliphatic hydroxyl groups excluding tert-OH is 25. The van der Waals surface area contributed by atoms with E-state index in [1.165, 1.54) is 0 Å². The molecule has 0 aromatic carbocycles. The minimum Gasteiger partial charge on any atom is -0.394 e. The predicted octanol–water partition coefficient (Wildman–Crippen LogP) is -18.3. The van der Waals surface area contributed by atoms with Gasteiger partial charge in [0, 0.05) is 6.92 Å². The highest BCUT2D eigenvalue weighted by molar-refractivity contribution is 5.73. The molecule has 44 nitrogen and oxygen atoms in total.